The summed E-state index contributed by atoms with van der Waals surface area (Å²) in [6, 6.07) is 11.4. The molecule has 0 bridgehead atoms. The molecule has 0 unspecified atom stereocenters. The number of carbonyl (C=O) groups is 2. The summed E-state index contributed by atoms with van der Waals surface area (Å²) < 4.78 is 24.5. The summed E-state index contributed by atoms with van der Waals surface area (Å²) in [5.74, 6) is -1.54. The minimum Gasteiger partial charge on any atom is -0.507 e. The molecule has 6 nitrogen and oxygen atoms in total. The molecule has 7 heteroatoms. The Bertz CT molecular complexity index is 982. The van der Waals surface area contributed by atoms with Crippen LogP contribution in [0.15, 0.2) is 54.1 Å². The van der Waals surface area contributed by atoms with Crippen molar-refractivity contribution in [1.29, 1.82) is 0 Å². The molecule has 0 saturated carbocycles. The summed E-state index contributed by atoms with van der Waals surface area (Å²) >= 11 is 0. The average Bonchev–Trinajstić information content (AvgIpc) is 3.02. The van der Waals surface area contributed by atoms with Crippen LogP contribution in [0.2, 0.25) is 0 Å². The predicted molar refractivity (Wildman–Crippen MR) is 119 cm³/mol. The Labute approximate surface area is 187 Å². The first-order chi connectivity index (χ1) is 15.3. The smallest absolute Gasteiger partial charge is 0.295 e. The molecule has 1 atom stereocenters. The fourth-order valence-electron chi connectivity index (χ4n) is 3.69. The van der Waals surface area contributed by atoms with Crippen LogP contribution >= 0.6 is 0 Å². The number of benzene rings is 2. The molecule has 0 aliphatic carbocycles. The van der Waals surface area contributed by atoms with Gasteiger partial charge in [-0.25, -0.2) is 4.39 Å². The van der Waals surface area contributed by atoms with E-state index in [4.69, 9.17) is 9.47 Å². The summed E-state index contributed by atoms with van der Waals surface area (Å²) in [5.41, 5.74) is 0.917. The molecule has 0 spiro atoms. The number of Topliss-reactive ketones (excluding diaryl/α,β-unsaturated/α-hetero) is 1. The Morgan fingerprint density at radius 3 is 2.34 bits per heavy atom. The van der Waals surface area contributed by atoms with Gasteiger partial charge in [0.2, 0.25) is 0 Å². The lowest BCUT2D eigenvalue weighted by atomic mass is 9.95. The molecule has 2 aromatic carbocycles. The number of rotatable bonds is 9. The van der Waals surface area contributed by atoms with Crippen molar-refractivity contribution in [1.82, 2.24) is 4.90 Å². The number of hydrogen-bond acceptors (Lipinski definition) is 5. The minimum atomic E-state index is -0.818. The first kappa shape index (κ1) is 23.5. The van der Waals surface area contributed by atoms with Crippen LogP contribution in [0, 0.1) is 5.82 Å². The third-order valence-electron chi connectivity index (χ3n) is 5.16. The van der Waals surface area contributed by atoms with Crippen molar-refractivity contribution in [3.63, 3.8) is 0 Å². The number of halogens is 1. The van der Waals surface area contributed by atoms with E-state index in [1.54, 1.807) is 24.3 Å². The molecular formula is C25H28FNO5. The van der Waals surface area contributed by atoms with Gasteiger partial charge in [-0.05, 0) is 69.2 Å². The van der Waals surface area contributed by atoms with E-state index in [9.17, 15) is 19.1 Å². The predicted octanol–water partition coefficient (Wildman–Crippen LogP) is 4.46. The molecule has 1 amide bonds. The van der Waals surface area contributed by atoms with E-state index in [1.807, 2.05) is 20.8 Å². The van der Waals surface area contributed by atoms with Crippen LogP contribution in [-0.2, 0) is 14.3 Å². The maximum atomic E-state index is 13.5. The fraction of sp³-hybridized carbons (Fsp3) is 0.360. The van der Waals surface area contributed by atoms with Gasteiger partial charge in [-0.15, -0.1) is 0 Å². The van der Waals surface area contributed by atoms with Crippen molar-refractivity contribution in [2.24, 2.45) is 0 Å². The molecule has 1 saturated heterocycles. The number of ether oxygens (including phenoxy) is 2. The maximum absolute atomic E-state index is 13.5. The number of aliphatic hydroxyl groups is 1. The average molecular weight is 441 g/mol. The number of aliphatic hydroxyl groups excluding tert-OH is 1. The van der Waals surface area contributed by atoms with Crippen LogP contribution in [0.25, 0.3) is 5.76 Å². The second-order valence-electron chi connectivity index (χ2n) is 7.77. The SMILES string of the molecule is CCOc1ccc(C(O)=C2C(=O)C(=O)N(CCCOC(C)C)[C@@H]2c2ccc(F)cc2)cc1. The van der Waals surface area contributed by atoms with E-state index >= 15 is 0 Å². The zero-order valence-electron chi connectivity index (χ0n) is 18.5. The summed E-state index contributed by atoms with van der Waals surface area (Å²) in [5, 5.41) is 11.0. The summed E-state index contributed by atoms with van der Waals surface area (Å²) in [7, 11) is 0. The van der Waals surface area contributed by atoms with Crippen molar-refractivity contribution in [3.05, 3.63) is 71.0 Å². The Kier molecular flexibility index (Phi) is 7.64. The number of carbonyl (C=O) groups excluding carboxylic acids is 2. The van der Waals surface area contributed by atoms with Gasteiger partial charge >= 0.3 is 0 Å². The summed E-state index contributed by atoms with van der Waals surface area (Å²) in [6.07, 6.45) is 0.574. The van der Waals surface area contributed by atoms with Crippen LogP contribution in [0.1, 0.15) is 44.4 Å². The molecule has 1 fully saturated rings. The third-order valence-corrected chi connectivity index (χ3v) is 5.16. The fourth-order valence-corrected chi connectivity index (χ4v) is 3.69. The molecule has 1 heterocycles. The number of nitrogens with zero attached hydrogens (tertiary/aromatic N) is 1. The van der Waals surface area contributed by atoms with Gasteiger partial charge in [0, 0.05) is 18.7 Å². The Morgan fingerprint density at radius 1 is 1.09 bits per heavy atom. The molecule has 1 N–H and O–H groups in total. The van der Waals surface area contributed by atoms with Crippen LogP contribution < -0.4 is 4.74 Å². The molecular weight excluding hydrogens is 413 g/mol. The van der Waals surface area contributed by atoms with E-state index < -0.39 is 23.5 Å². The van der Waals surface area contributed by atoms with Gasteiger partial charge in [-0.3, -0.25) is 9.59 Å². The van der Waals surface area contributed by atoms with Crippen LogP contribution in [0.4, 0.5) is 4.39 Å². The van der Waals surface area contributed by atoms with Gasteiger partial charge in [0.15, 0.2) is 0 Å². The van der Waals surface area contributed by atoms with Gasteiger partial charge in [0.1, 0.15) is 17.3 Å². The highest BCUT2D eigenvalue weighted by atomic mass is 19.1. The Balaban J connectivity index is 1.99. The molecule has 0 aromatic heterocycles. The van der Waals surface area contributed by atoms with Gasteiger partial charge in [-0.2, -0.15) is 0 Å². The first-order valence-electron chi connectivity index (χ1n) is 10.7. The third kappa shape index (κ3) is 5.16. The van der Waals surface area contributed by atoms with Crippen molar-refractivity contribution >= 4 is 17.4 Å². The van der Waals surface area contributed by atoms with Gasteiger partial charge in [0.25, 0.3) is 11.7 Å². The van der Waals surface area contributed by atoms with Gasteiger partial charge in [-0.1, -0.05) is 12.1 Å². The summed E-state index contributed by atoms with van der Waals surface area (Å²) in [4.78, 5) is 27.2. The molecule has 3 rings (SSSR count). The number of likely N-dealkylation sites (tertiary alicyclic amines) is 1. The zero-order valence-corrected chi connectivity index (χ0v) is 18.5. The largest absolute Gasteiger partial charge is 0.507 e. The first-order valence-corrected chi connectivity index (χ1v) is 10.7. The number of hydrogen-bond donors (Lipinski definition) is 1. The highest BCUT2D eigenvalue weighted by molar-refractivity contribution is 6.46. The molecule has 2 aromatic rings. The van der Waals surface area contributed by atoms with Gasteiger partial charge < -0.3 is 19.5 Å². The van der Waals surface area contributed by atoms with Crippen LogP contribution in [0.3, 0.4) is 0 Å². The highest BCUT2D eigenvalue weighted by Crippen LogP contribution is 2.39. The van der Waals surface area contributed by atoms with Crippen LogP contribution in [-0.4, -0.2) is 47.6 Å². The lowest BCUT2D eigenvalue weighted by Gasteiger charge is -2.25. The van der Waals surface area contributed by atoms with Crippen molar-refractivity contribution < 1.29 is 28.6 Å². The molecule has 170 valence electrons. The standard InChI is InChI=1S/C25H28FNO5/c1-4-31-20-12-8-18(9-13-20)23(28)21-22(17-6-10-19(26)11-7-17)27(25(30)24(21)29)14-5-15-32-16(2)3/h6-13,16,22,28H,4-5,14-15H2,1-3H3/t22-/m1/s1. The monoisotopic (exact) mass is 441 g/mol. The molecule has 1 aliphatic rings. The quantitative estimate of drug-likeness (QED) is 0.269. The topological polar surface area (TPSA) is 76.1 Å². The van der Waals surface area contributed by atoms with Crippen LogP contribution in [0.5, 0.6) is 5.75 Å². The van der Waals surface area contributed by atoms with Gasteiger partial charge in [0.05, 0.1) is 24.3 Å². The maximum Gasteiger partial charge on any atom is 0.295 e. The van der Waals surface area contributed by atoms with Crippen molar-refractivity contribution in [2.45, 2.75) is 39.3 Å². The van der Waals surface area contributed by atoms with E-state index in [1.165, 1.54) is 29.2 Å². The highest BCUT2D eigenvalue weighted by Gasteiger charge is 2.45. The Hall–Kier alpha value is -3.19. The van der Waals surface area contributed by atoms with Crippen molar-refractivity contribution in [2.75, 3.05) is 19.8 Å². The summed E-state index contributed by atoms with van der Waals surface area (Å²) in [6.45, 7) is 6.89. The second-order valence-corrected chi connectivity index (χ2v) is 7.77. The second kappa shape index (κ2) is 10.4. The zero-order chi connectivity index (χ0) is 23.3. The van der Waals surface area contributed by atoms with E-state index in [2.05, 4.69) is 0 Å². The lowest BCUT2D eigenvalue weighted by Crippen LogP contribution is -2.31. The van der Waals surface area contributed by atoms with E-state index in [0.717, 1.165) is 0 Å². The Morgan fingerprint density at radius 2 is 1.75 bits per heavy atom. The lowest BCUT2D eigenvalue weighted by molar-refractivity contribution is -0.140. The molecule has 0 radical (unpaired) electrons. The van der Waals surface area contributed by atoms with E-state index in [-0.39, 0.29) is 24.0 Å². The molecule has 1 aliphatic heterocycles. The number of ketones is 1. The number of amides is 1. The van der Waals surface area contributed by atoms with E-state index in [0.29, 0.717) is 36.5 Å². The normalized spacial score (nSPS) is 17.9. The molecule has 32 heavy (non-hydrogen) atoms. The van der Waals surface area contributed by atoms with Crippen molar-refractivity contribution in [3.8, 4) is 5.75 Å². The minimum absolute atomic E-state index is 0.0180.